The Kier molecular flexibility index (Phi) is 5.86. The minimum absolute atomic E-state index is 0.00491. The number of urea groups is 1. The molecule has 0 unspecified atom stereocenters. The normalized spacial score (nSPS) is 27.5. The second-order valence-electron chi connectivity index (χ2n) is 3.80. The molecule has 0 aromatic rings. The van der Waals surface area contributed by atoms with Crippen molar-refractivity contribution in [1.82, 2.24) is 10.6 Å². The van der Waals surface area contributed by atoms with Gasteiger partial charge in [0, 0.05) is 18.1 Å². The molecule has 0 radical (unpaired) electrons. The minimum atomic E-state index is 0.00491. The van der Waals surface area contributed by atoms with Crippen LogP contribution in [0.15, 0.2) is 0 Å². The van der Waals surface area contributed by atoms with Crippen LogP contribution in [-0.2, 0) is 0 Å². The molecule has 0 saturated carbocycles. The van der Waals surface area contributed by atoms with E-state index in [1.807, 2.05) is 11.8 Å². The van der Waals surface area contributed by atoms with E-state index >= 15 is 0 Å². The summed E-state index contributed by atoms with van der Waals surface area (Å²) >= 11 is 1.89. The van der Waals surface area contributed by atoms with Gasteiger partial charge < -0.3 is 15.7 Å². The van der Waals surface area contributed by atoms with Gasteiger partial charge in [0.2, 0.25) is 0 Å². The largest absolute Gasteiger partial charge is 0.396 e. The highest BCUT2D eigenvalue weighted by Gasteiger charge is 2.35. The van der Waals surface area contributed by atoms with Crippen molar-refractivity contribution < 1.29 is 9.90 Å². The Morgan fingerprint density at radius 1 is 1.33 bits per heavy atom. The number of aliphatic hydroxyl groups excluding tert-OH is 1. The summed E-state index contributed by atoms with van der Waals surface area (Å²) in [7, 11) is 0. The molecule has 2 aliphatic rings. The first-order chi connectivity index (χ1) is 7.27. The monoisotopic (exact) mass is 232 g/mol. The van der Waals surface area contributed by atoms with E-state index in [0.717, 1.165) is 24.3 Å². The summed E-state index contributed by atoms with van der Waals surface area (Å²) in [5, 5.41) is 13.9. The Labute approximate surface area is 95.2 Å². The lowest BCUT2D eigenvalue weighted by Gasteiger charge is -2.02. The van der Waals surface area contributed by atoms with Crippen LogP contribution < -0.4 is 10.6 Å². The van der Waals surface area contributed by atoms with Crippen molar-refractivity contribution >= 4 is 17.8 Å². The lowest BCUT2D eigenvalue weighted by molar-refractivity contribution is 0.247. The molecule has 15 heavy (non-hydrogen) atoms. The second kappa shape index (κ2) is 6.95. The van der Waals surface area contributed by atoms with Crippen LogP contribution >= 0.6 is 11.8 Å². The first-order valence-electron chi connectivity index (χ1n) is 5.53. The van der Waals surface area contributed by atoms with Gasteiger partial charge in [0.05, 0.1) is 12.1 Å². The highest BCUT2D eigenvalue weighted by Crippen LogP contribution is 2.20. The second-order valence-corrected chi connectivity index (χ2v) is 4.87. The number of thioether (sulfide) groups is 1. The van der Waals surface area contributed by atoms with Gasteiger partial charge in [0.1, 0.15) is 0 Å². The summed E-state index contributed by atoms with van der Waals surface area (Å²) in [6, 6.07) is 0.815. The molecule has 0 bridgehead atoms. The number of aliphatic hydroxyl groups is 1. The van der Waals surface area contributed by atoms with Crippen molar-refractivity contribution in [1.29, 1.82) is 0 Å². The third-order valence-electron chi connectivity index (χ3n) is 2.48. The number of hydrogen-bond acceptors (Lipinski definition) is 3. The lowest BCUT2D eigenvalue weighted by Crippen LogP contribution is -2.31. The Hall–Kier alpha value is -0.420. The van der Waals surface area contributed by atoms with Crippen LogP contribution in [0.5, 0.6) is 0 Å². The zero-order valence-corrected chi connectivity index (χ0v) is 9.98. The van der Waals surface area contributed by atoms with E-state index in [0.29, 0.717) is 18.7 Å². The van der Waals surface area contributed by atoms with E-state index in [2.05, 4.69) is 17.6 Å². The Morgan fingerprint density at radius 2 is 1.93 bits per heavy atom. The summed E-state index contributed by atoms with van der Waals surface area (Å²) in [5.74, 6) is 2.15. The number of nitrogens with one attached hydrogen (secondary N) is 2. The molecular formula is C10H20N2O2S. The van der Waals surface area contributed by atoms with Crippen molar-refractivity contribution in [2.45, 2.75) is 38.3 Å². The summed E-state index contributed by atoms with van der Waals surface area (Å²) in [5.41, 5.74) is 0. The van der Waals surface area contributed by atoms with Crippen molar-refractivity contribution in [3.63, 3.8) is 0 Å². The first-order valence-corrected chi connectivity index (χ1v) is 6.69. The number of amides is 2. The van der Waals surface area contributed by atoms with E-state index in [1.54, 1.807) is 0 Å². The van der Waals surface area contributed by atoms with Gasteiger partial charge in [-0.3, -0.25) is 0 Å². The molecule has 2 atom stereocenters. The van der Waals surface area contributed by atoms with E-state index in [-0.39, 0.29) is 6.03 Å². The summed E-state index contributed by atoms with van der Waals surface area (Å²) < 4.78 is 0. The maximum atomic E-state index is 10.6. The predicted molar refractivity (Wildman–Crippen MR) is 63.2 cm³/mol. The molecule has 88 valence electrons. The number of unbranched alkanes of at least 4 members (excludes halogenated alkanes) is 2. The van der Waals surface area contributed by atoms with Crippen LogP contribution in [0.3, 0.4) is 0 Å². The van der Waals surface area contributed by atoms with E-state index in [1.165, 1.54) is 6.42 Å². The van der Waals surface area contributed by atoms with Crippen molar-refractivity contribution in [2.75, 3.05) is 18.1 Å². The molecular weight excluding hydrogens is 212 g/mol. The fourth-order valence-electron chi connectivity index (χ4n) is 1.58. The average molecular weight is 232 g/mol. The van der Waals surface area contributed by atoms with Crippen LogP contribution in [-0.4, -0.2) is 41.3 Å². The molecule has 0 aromatic heterocycles. The number of carbonyl (C=O) groups is 1. The van der Waals surface area contributed by atoms with Gasteiger partial charge in [-0.15, -0.1) is 0 Å². The van der Waals surface area contributed by atoms with Gasteiger partial charge in [0.15, 0.2) is 0 Å². The maximum Gasteiger partial charge on any atom is 0.315 e. The van der Waals surface area contributed by atoms with E-state index in [9.17, 15) is 4.79 Å². The van der Waals surface area contributed by atoms with Crippen LogP contribution in [0.2, 0.25) is 0 Å². The Morgan fingerprint density at radius 3 is 2.33 bits per heavy atom. The fraction of sp³-hybridized carbons (Fsp3) is 0.900. The zero-order valence-electron chi connectivity index (χ0n) is 9.16. The van der Waals surface area contributed by atoms with E-state index < -0.39 is 0 Å². The quantitative estimate of drug-likeness (QED) is 0.501. The van der Waals surface area contributed by atoms with Gasteiger partial charge in [-0.25, -0.2) is 4.79 Å². The van der Waals surface area contributed by atoms with Crippen molar-refractivity contribution in [3.05, 3.63) is 0 Å². The average Bonchev–Trinajstić information content (AvgIpc) is 2.75. The molecule has 2 amide bonds. The standard InChI is InChI=1S/C5H8N2OS.C5H12O/c8-5-6-3-1-9-2-4(3)7-5;1-2-3-4-5-6/h3-4H,1-2H2,(H2,6,7,8);6H,2-5H2,1H3/t3-,4+;. The summed E-state index contributed by atoms with van der Waals surface area (Å²) in [6.45, 7) is 2.48. The van der Waals surface area contributed by atoms with Crippen LogP contribution in [0, 0.1) is 0 Å². The highest BCUT2D eigenvalue weighted by molar-refractivity contribution is 7.99. The number of fused-ring (bicyclic) bond motifs is 1. The minimum Gasteiger partial charge on any atom is -0.396 e. The van der Waals surface area contributed by atoms with E-state index in [4.69, 9.17) is 5.11 Å². The third-order valence-corrected chi connectivity index (χ3v) is 3.66. The van der Waals surface area contributed by atoms with Crippen LogP contribution in [0.25, 0.3) is 0 Å². The molecule has 0 aromatic carbocycles. The Bertz CT molecular complexity index is 184. The zero-order chi connectivity index (χ0) is 11.1. The van der Waals surface area contributed by atoms with Gasteiger partial charge in [-0.2, -0.15) is 11.8 Å². The van der Waals surface area contributed by atoms with Crippen molar-refractivity contribution in [3.8, 4) is 0 Å². The fourth-order valence-corrected chi connectivity index (χ4v) is 2.85. The number of rotatable bonds is 3. The lowest BCUT2D eigenvalue weighted by atomic mass is 10.2. The molecule has 2 aliphatic heterocycles. The maximum absolute atomic E-state index is 10.6. The van der Waals surface area contributed by atoms with Gasteiger partial charge in [0.25, 0.3) is 0 Å². The number of carbonyl (C=O) groups excluding carboxylic acids is 1. The van der Waals surface area contributed by atoms with Crippen LogP contribution in [0.4, 0.5) is 4.79 Å². The molecule has 0 aliphatic carbocycles. The molecule has 5 heteroatoms. The smallest absolute Gasteiger partial charge is 0.315 e. The van der Waals surface area contributed by atoms with Gasteiger partial charge in [-0.1, -0.05) is 19.8 Å². The summed E-state index contributed by atoms with van der Waals surface area (Å²) in [4.78, 5) is 10.6. The molecule has 2 heterocycles. The SMILES string of the molecule is CCCCCO.O=C1N[C@H]2CSC[C@H]2N1. The third kappa shape index (κ3) is 4.30. The molecule has 4 nitrogen and oxygen atoms in total. The van der Waals surface area contributed by atoms with Gasteiger partial charge in [-0.05, 0) is 6.42 Å². The molecule has 2 fully saturated rings. The topological polar surface area (TPSA) is 61.4 Å². The molecule has 0 spiro atoms. The predicted octanol–water partition coefficient (Wildman–Crippen LogP) is 0.952. The number of hydrogen-bond donors (Lipinski definition) is 3. The van der Waals surface area contributed by atoms with Crippen LogP contribution in [0.1, 0.15) is 26.2 Å². The summed E-state index contributed by atoms with van der Waals surface area (Å²) in [6.07, 6.45) is 3.33. The molecule has 2 saturated heterocycles. The van der Waals surface area contributed by atoms with Crippen molar-refractivity contribution in [2.24, 2.45) is 0 Å². The molecule has 3 N–H and O–H groups in total. The Balaban J connectivity index is 0.000000167. The first kappa shape index (κ1) is 12.6. The van der Waals surface area contributed by atoms with Gasteiger partial charge >= 0.3 is 6.03 Å². The highest BCUT2D eigenvalue weighted by atomic mass is 32.2. The molecule has 2 rings (SSSR count).